The summed E-state index contributed by atoms with van der Waals surface area (Å²) in [6.07, 6.45) is 5.23. The van der Waals surface area contributed by atoms with Crippen molar-refractivity contribution in [2.75, 3.05) is 0 Å². The van der Waals surface area contributed by atoms with Gasteiger partial charge in [-0.1, -0.05) is 19.9 Å². The molecule has 0 aromatic carbocycles. The fraction of sp³-hybridized carbons (Fsp3) is 0.571. The van der Waals surface area contributed by atoms with Gasteiger partial charge in [-0.05, 0) is 18.4 Å². The molecule has 0 saturated carbocycles. The second-order valence-electron chi connectivity index (χ2n) is 2.19. The molecule has 1 nitrogen and oxygen atoms in total. The molecule has 46 valence electrons. The smallest absolute Gasteiger partial charge is 0.142 e. The lowest BCUT2D eigenvalue weighted by Crippen LogP contribution is -1.80. The van der Waals surface area contributed by atoms with Gasteiger partial charge in [-0.2, -0.15) is 0 Å². The summed E-state index contributed by atoms with van der Waals surface area (Å²) in [6.45, 7) is 4.24. The molecule has 0 aliphatic rings. The van der Waals surface area contributed by atoms with Crippen LogP contribution in [0, 0.1) is 5.92 Å². The van der Waals surface area contributed by atoms with Crippen LogP contribution in [0.15, 0.2) is 12.2 Å². The van der Waals surface area contributed by atoms with Gasteiger partial charge in [-0.3, -0.25) is 4.79 Å². The predicted octanol–water partition coefficient (Wildman–Crippen LogP) is 1.79. The van der Waals surface area contributed by atoms with Crippen LogP contribution < -0.4 is 0 Å². The van der Waals surface area contributed by atoms with Crippen molar-refractivity contribution in [2.45, 2.75) is 20.3 Å². The Kier molecular flexibility index (Phi) is 4.23. The van der Waals surface area contributed by atoms with E-state index >= 15 is 0 Å². The monoisotopic (exact) mass is 112 g/mol. The fourth-order valence-corrected chi connectivity index (χ4v) is 0.406. The standard InChI is InChI=1S/C7H12O/c1-7(2)5-3-4-6-8/h3-4,6-7H,5H2,1-2H3/b4-3-. The lowest BCUT2D eigenvalue weighted by atomic mass is 10.1. The molecule has 0 fully saturated rings. The van der Waals surface area contributed by atoms with Crippen molar-refractivity contribution in [3.63, 3.8) is 0 Å². The number of carbonyl (C=O) groups excluding carboxylic acids is 1. The summed E-state index contributed by atoms with van der Waals surface area (Å²) in [5.74, 6) is 0.659. The summed E-state index contributed by atoms with van der Waals surface area (Å²) in [4.78, 5) is 9.70. The summed E-state index contributed by atoms with van der Waals surface area (Å²) >= 11 is 0. The van der Waals surface area contributed by atoms with Crippen LogP contribution in [-0.4, -0.2) is 6.29 Å². The lowest BCUT2D eigenvalue weighted by Gasteiger charge is -1.93. The molecule has 1 heteroatoms. The van der Waals surface area contributed by atoms with E-state index in [9.17, 15) is 4.79 Å². The lowest BCUT2D eigenvalue weighted by molar-refractivity contribution is -0.104. The van der Waals surface area contributed by atoms with Gasteiger partial charge in [-0.25, -0.2) is 0 Å². The molecule has 0 amide bonds. The largest absolute Gasteiger partial charge is 0.299 e. The van der Waals surface area contributed by atoms with Crippen molar-refractivity contribution in [3.05, 3.63) is 12.2 Å². The first kappa shape index (κ1) is 7.41. The third-order valence-electron chi connectivity index (χ3n) is 0.822. The van der Waals surface area contributed by atoms with Crippen LogP contribution in [0.4, 0.5) is 0 Å². The Balaban J connectivity index is 3.15. The van der Waals surface area contributed by atoms with E-state index in [2.05, 4.69) is 13.8 Å². The van der Waals surface area contributed by atoms with Crippen LogP contribution >= 0.6 is 0 Å². The molecule has 0 radical (unpaired) electrons. The molecular formula is C7H12O. The zero-order chi connectivity index (χ0) is 6.41. The normalized spacial score (nSPS) is 10.9. The Morgan fingerprint density at radius 3 is 2.50 bits per heavy atom. The highest BCUT2D eigenvalue weighted by Crippen LogP contribution is 1.98. The SMILES string of the molecule is CC(C)C/C=C\C=O. The molecule has 0 spiro atoms. The van der Waals surface area contributed by atoms with Crippen LogP contribution in [-0.2, 0) is 4.79 Å². The molecule has 0 rings (SSSR count). The number of hydrogen-bond donors (Lipinski definition) is 0. The molecule has 0 heterocycles. The summed E-state index contributed by atoms with van der Waals surface area (Å²) in [7, 11) is 0. The van der Waals surface area contributed by atoms with Gasteiger partial charge in [0.05, 0.1) is 0 Å². The Labute approximate surface area is 50.4 Å². The minimum atomic E-state index is 0.659. The van der Waals surface area contributed by atoms with E-state index in [0.29, 0.717) is 5.92 Å². The minimum Gasteiger partial charge on any atom is -0.299 e. The average Bonchev–Trinajstić information content (AvgIpc) is 1.66. The van der Waals surface area contributed by atoms with Gasteiger partial charge in [0, 0.05) is 0 Å². The molecule has 0 aliphatic carbocycles. The van der Waals surface area contributed by atoms with Gasteiger partial charge >= 0.3 is 0 Å². The maximum atomic E-state index is 9.70. The molecule has 0 aliphatic heterocycles. The van der Waals surface area contributed by atoms with E-state index in [-0.39, 0.29) is 0 Å². The van der Waals surface area contributed by atoms with Crippen LogP contribution in [0.2, 0.25) is 0 Å². The van der Waals surface area contributed by atoms with Crippen molar-refractivity contribution in [1.29, 1.82) is 0 Å². The highest BCUT2D eigenvalue weighted by Gasteiger charge is 1.84. The fourth-order valence-electron chi connectivity index (χ4n) is 0.406. The molecule has 0 aromatic heterocycles. The molecule has 0 atom stereocenters. The summed E-state index contributed by atoms with van der Waals surface area (Å²) in [5, 5.41) is 0. The Bertz CT molecular complexity index is 82.4. The van der Waals surface area contributed by atoms with Crippen molar-refractivity contribution in [3.8, 4) is 0 Å². The molecular weight excluding hydrogens is 100 g/mol. The van der Waals surface area contributed by atoms with E-state index in [1.54, 1.807) is 6.08 Å². The Morgan fingerprint density at radius 2 is 2.12 bits per heavy atom. The molecule has 0 saturated heterocycles. The van der Waals surface area contributed by atoms with Gasteiger partial charge in [0.2, 0.25) is 0 Å². The van der Waals surface area contributed by atoms with E-state index in [0.717, 1.165) is 12.7 Å². The zero-order valence-electron chi connectivity index (χ0n) is 5.42. The van der Waals surface area contributed by atoms with Gasteiger partial charge in [0.15, 0.2) is 0 Å². The first-order valence-corrected chi connectivity index (χ1v) is 2.87. The highest BCUT2D eigenvalue weighted by molar-refractivity contribution is 5.64. The quantitative estimate of drug-likeness (QED) is 0.402. The second-order valence-corrected chi connectivity index (χ2v) is 2.19. The number of aldehydes is 1. The van der Waals surface area contributed by atoms with Crippen LogP contribution in [0.25, 0.3) is 0 Å². The number of carbonyl (C=O) groups is 1. The molecule has 0 aromatic rings. The van der Waals surface area contributed by atoms with Crippen molar-refractivity contribution < 1.29 is 4.79 Å². The van der Waals surface area contributed by atoms with Crippen molar-refractivity contribution >= 4 is 6.29 Å². The van der Waals surface area contributed by atoms with Gasteiger partial charge in [0.25, 0.3) is 0 Å². The first-order chi connectivity index (χ1) is 3.77. The van der Waals surface area contributed by atoms with E-state index in [4.69, 9.17) is 0 Å². The second kappa shape index (κ2) is 4.57. The Morgan fingerprint density at radius 1 is 1.50 bits per heavy atom. The number of rotatable bonds is 3. The van der Waals surface area contributed by atoms with E-state index in [1.165, 1.54) is 0 Å². The van der Waals surface area contributed by atoms with Crippen molar-refractivity contribution in [1.82, 2.24) is 0 Å². The predicted molar refractivity (Wildman–Crippen MR) is 34.7 cm³/mol. The van der Waals surface area contributed by atoms with Gasteiger partial charge in [0.1, 0.15) is 6.29 Å². The van der Waals surface area contributed by atoms with Crippen molar-refractivity contribution in [2.24, 2.45) is 5.92 Å². The average molecular weight is 112 g/mol. The first-order valence-electron chi connectivity index (χ1n) is 2.87. The Hall–Kier alpha value is -0.590. The van der Waals surface area contributed by atoms with Crippen LogP contribution in [0.3, 0.4) is 0 Å². The topological polar surface area (TPSA) is 17.1 Å². The zero-order valence-corrected chi connectivity index (χ0v) is 5.42. The minimum absolute atomic E-state index is 0.659. The summed E-state index contributed by atoms with van der Waals surface area (Å²) < 4.78 is 0. The van der Waals surface area contributed by atoms with Crippen LogP contribution in [0.1, 0.15) is 20.3 Å². The third-order valence-corrected chi connectivity index (χ3v) is 0.822. The molecule has 0 bridgehead atoms. The summed E-state index contributed by atoms with van der Waals surface area (Å²) in [5.41, 5.74) is 0. The maximum Gasteiger partial charge on any atom is 0.142 e. The van der Waals surface area contributed by atoms with Gasteiger partial charge in [-0.15, -0.1) is 0 Å². The highest BCUT2D eigenvalue weighted by atomic mass is 16.1. The number of hydrogen-bond acceptors (Lipinski definition) is 1. The number of allylic oxidation sites excluding steroid dienone is 2. The maximum absolute atomic E-state index is 9.70. The van der Waals surface area contributed by atoms with Gasteiger partial charge < -0.3 is 0 Å². The molecule has 0 N–H and O–H groups in total. The van der Waals surface area contributed by atoms with E-state index < -0.39 is 0 Å². The van der Waals surface area contributed by atoms with Crippen LogP contribution in [0.5, 0.6) is 0 Å². The third kappa shape index (κ3) is 5.41. The van der Waals surface area contributed by atoms with E-state index in [1.807, 2.05) is 6.08 Å². The summed E-state index contributed by atoms with van der Waals surface area (Å²) in [6, 6.07) is 0. The molecule has 8 heavy (non-hydrogen) atoms. The molecule has 0 unspecified atom stereocenters.